The minimum atomic E-state index is 1.14. The normalized spacial score (nSPS) is 9.18. The predicted octanol–water partition coefficient (Wildman–Crippen LogP) is 8.43. The quantitative estimate of drug-likeness (QED) is 0.363. The summed E-state index contributed by atoms with van der Waals surface area (Å²) in [5, 5.41) is 0. The van der Waals surface area contributed by atoms with Gasteiger partial charge in [0, 0.05) is 76.4 Å². The van der Waals surface area contributed by atoms with Gasteiger partial charge in [0.1, 0.15) is 0 Å². The molecule has 0 atom stereocenters. The molecule has 3 rings (SSSR count). The van der Waals surface area contributed by atoms with Gasteiger partial charge in [0.2, 0.25) is 0 Å². The lowest BCUT2D eigenvalue weighted by molar-refractivity contribution is 1.12. The van der Waals surface area contributed by atoms with Gasteiger partial charge in [0.05, 0.1) is 0 Å². The summed E-state index contributed by atoms with van der Waals surface area (Å²) < 4.78 is 0. The van der Waals surface area contributed by atoms with Crippen LogP contribution in [0, 0.1) is 0 Å². The van der Waals surface area contributed by atoms with Crippen molar-refractivity contribution in [2.75, 3.05) is 61.9 Å². The summed E-state index contributed by atoms with van der Waals surface area (Å²) in [7, 11) is 12.4. The van der Waals surface area contributed by atoms with E-state index < -0.39 is 0 Å². The van der Waals surface area contributed by atoms with E-state index in [0.29, 0.717) is 0 Å². The molecule has 3 aromatic carbocycles. The number of benzene rings is 3. The molecule has 0 N–H and O–H groups in total. The molecule has 0 radical (unpaired) electrons. The minimum Gasteiger partial charge on any atom is -0.378 e. The molecule has 0 spiro atoms. The number of anilines is 6. The first-order valence-corrected chi connectivity index (χ1v) is 12.5. The van der Waals surface area contributed by atoms with E-state index in [-0.39, 0.29) is 0 Å². The largest absolute Gasteiger partial charge is 0.378 e. The second kappa shape index (κ2) is 16.5. The molecule has 0 aromatic heterocycles. The van der Waals surface area contributed by atoms with E-state index in [9.17, 15) is 0 Å². The van der Waals surface area contributed by atoms with E-state index in [4.69, 9.17) is 0 Å². The van der Waals surface area contributed by atoms with Crippen LogP contribution in [0.15, 0.2) is 72.8 Å². The smallest absolute Gasteiger partial charge is 0.0463 e. The number of nitrogens with zero attached hydrogens (tertiary/aromatic N) is 4. The van der Waals surface area contributed by atoms with Crippen LogP contribution in [0.2, 0.25) is 0 Å². The third kappa shape index (κ3) is 8.66. The van der Waals surface area contributed by atoms with Crippen molar-refractivity contribution in [3.8, 4) is 0 Å². The van der Waals surface area contributed by atoms with Crippen molar-refractivity contribution >= 4 is 34.1 Å². The molecular weight excluding hydrogens is 416 g/mol. The Labute approximate surface area is 210 Å². The molecule has 0 fully saturated rings. The van der Waals surface area contributed by atoms with Crippen LogP contribution in [0.1, 0.15) is 41.5 Å². The number of hydrogen-bond acceptors (Lipinski definition) is 4. The zero-order valence-corrected chi connectivity index (χ0v) is 23.7. The summed E-state index contributed by atoms with van der Waals surface area (Å²) >= 11 is 0. The van der Waals surface area contributed by atoms with Crippen LogP contribution in [0.25, 0.3) is 0 Å². The lowest BCUT2D eigenvalue weighted by atomic mass is 10.1. The van der Waals surface area contributed by atoms with E-state index in [1.165, 1.54) is 17.1 Å². The van der Waals surface area contributed by atoms with Crippen LogP contribution in [-0.2, 0) is 0 Å². The van der Waals surface area contributed by atoms with E-state index in [1.54, 1.807) is 0 Å². The predicted molar refractivity (Wildman–Crippen MR) is 158 cm³/mol. The van der Waals surface area contributed by atoms with E-state index >= 15 is 0 Å². The van der Waals surface area contributed by atoms with Gasteiger partial charge in [-0.25, -0.2) is 0 Å². The zero-order chi connectivity index (χ0) is 26.3. The fourth-order valence-corrected chi connectivity index (χ4v) is 3.15. The van der Waals surface area contributed by atoms with Gasteiger partial charge < -0.3 is 19.6 Å². The first-order valence-electron chi connectivity index (χ1n) is 12.5. The maximum atomic E-state index is 2.29. The molecular formula is C30H48N4. The minimum absolute atomic E-state index is 1.14. The zero-order valence-electron chi connectivity index (χ0n) is 23.7. The topological polar surface area (TPSA) is 13.0 Å². The average molecular weight is 465 g/mol. The van der Waals surface area contributed by atoms with Crippen molar-refractivity contribution in [3.63, 3.8) is 0 Å². The van der Waals surface area contributed by atoms with Crippen LogP contribution in [0.4, 0.5) is 34.1 Å². The number of hydrogen-bond donors (Lipinski definition) is 0. The molecule has 0 saturated carbocycles. The lowest BCUT2D eigenvalue weighted by Gasteiger charge is -2.27. The second-order valence-electron chi connectivity index (χ2n) is 7.57. The Morgan fingerprint density at radius 2 is 0.441 bits per heavy atom. The summed E-state index contributed by atoms with van der Waals surface area (Å²) in [6, 6.07) is 26.0. The maximum Gasteiger partial charge on any atom is 0.0463 e. The summed E-state index contributed by atoms with van der Waals surface area (Å²) in [6.45, 7) is 12.0. The fourth-order valence-electron chi connectivity index (χ4n) is 3.15. The lowest BCUT2D eigenvalue weighted by Crippen LogP contribution is -2.13. The maximum absolute atomic E-state index is 2.29. The molecule has 0 unspecified atom stereocenters. The van der Waals surface area contributed by atoms with Crippen molar-refractivity contribution in [2.45, 2.75) is 41.5 Å². The molecule has 3 aromatic rings. The highest BCUT2D eigenvalue weighted by Crippen LogP contribution is 2.36. The monoisotopic (exact) mass is 464 g/mol. The third-order valence-corrected chi connectivity index (χ3v) is 4.87. The summed E-state index contributed by atoms with van der Waals surface area (Å²) in [5.74, 6) is 0. The SMILES string of the molecule is CC.CC.CC.CN(C)c1ccc(N(c2ccc(N(C)C)cc2)c2ccc(N(C)C)cc2)cc1. The van der Waals surface area contributed by atoms with Gasteiger partial charge >= 0.3 is 0 Å². The van der Waals surface area contributed by atoms with Gasteiger partial charge in [0.25, 0.3) is 0 Å². The summed E-state index contributed by atoms with van der Waals surface area (Å²) in [4.78, 5) is 8.64. The van der Waals surface area contributed by atoms with Gasteiger partial charge in [-0.2, -0.15) is 0 Å². The Morgan fingerprint density at radius 3 is 0.588 bits per heavy atom. The first kappa shape index (κ1) is 30.9. The van der Waals surface area contributed by atoms with Gasteiger partial charge in [0.15, 0.2) is 0 Å². The standard InChI is InChI=1S/C24H30N4.3C2H6/c1-25(2)19-7-13-22(14-8-19)28(23-15-9-20(10-16-23)26(3)4)24-17-11-21(12-18-24)27(5)6;3*1-2/h7-18H,1-6H3;3*1-2H3. The van der Waals surface area contributed by atoms with Gasteiger partial charge in [-0.3, -0.25) is 0 Å². The highest BCUT2D eigenvalue weighted by Gasteiger charge is 2.13. The van der Waals surface area contributed by atoms with Gasteiger partial charge in [-0.1, -0.05) is 41.5 Å². The molecule has 34 heavy (non-hydrogen) atoms. The highest BCUT2D eigenvalue weighted by atomic mass is 15.1. The molecule has 4 heteroatoms. The highest BCUT2D eigenvalue weighted by molar-refractivity contribution is 5.78. The van der Waals surface area contributed by atoms with E-state index in [0.717, 1.165) is 17.1 Å². The van der Waals surface area contributed by atoms with Crippen molar-refractivity contribution in [1.29, 1.82) is 0 Å². The van der Waals surface area contributed by atoms with Crippen molar-refractivity contribution in [2.24, 2.45) is 0 Å². The van der Waals surface area contributed by atoms with Crippen LogP contribution in [0.3, 0.4) is 0 Å². The van der Waals surface area contributed by atoms with Gasteiger partial charge in [-0.05, 0) is 72.8 Å². The Hall–Kier alpha value is -3.14. The van der Waals surface area contributed by atoms with Crippen LogP contribution in [0.5, 0.6) is 0 Å². The molecule has 4 nitrogen and oxygen atoms in total. The molecule has 0 heterocycles. The van der Waals surface area contributed by atoms with Crippen molar-refractivity contribution in [3.05, 3.63) is 72.8 Å². The molecule has 0 aliphatic rings. The van der Waals surface area contributed by atoms with Crippen LogP contribution >= 0.6 is 0 Å². The van der Waals surface area contributed by atoms with Crippen LogP contribution < -0.4 is 19.6 Å². The molecule has 0 aliphatic carbocycles. The Bertz CT molecular complexity index is 758. The summed E-state index contributed by atoms with van der Waals surface area (Å²) in [5.41, 5.74) is 6.99. The third-order valence-electron chi connectivity index (χ3n) is 4.87. The molecule has 0 bridgehead atoms. The average Bonchev–Trinajstić information content (AvgIpc) is 2.89. The number of rotatable bonds is 6. The fraction of sp³-hybridized carbons (Fsp3) is 0.400. The van der Waals surface area contributed by atoms with E-state index in [2.05, 4.69) is 135 Å². The first-order chi connectivity index (χ1) is 16.4. The molecule has 188 valence electrons. The van der Waals surface area contributed by atoms with Crippen molar-refractivity contribution < 1.29 is 0 Å². The van der Waals surface area contributed by atoms with Crippen molar-refractivity contribution in [1.82, 2.24) is 0 Å². The Balaban J connectivity index is 0.00000168. The van der Waals surface area contributed by atoms with Gasteiger partial charge in [-0.15, -0.1) is 0 Å². The second-order valence-corrected chi connectivity index (χ2v) is 7.57. The molecule has 0 saturated heterocycles. The van der Waals surface area contributed by atoms with Crippen LogP contribution in [-0.4, -0.2) is 42.3 Å². The molecule has 0 amide bonds. The van der Waals surface area contributed by atoms with E-state index in [1.807, 2.05) is 41.5 Å². The Morgan fingerprint density at radius 1 is 0.294 bits per heavy atom. The summed E-state index contributed by atoms with van der Waals surface area (Å²) in [6.07, 6.45) is 0. The Kier molecular flexibility index (Phi) is 14.9. The molecule has 0 aliphatic heterocycles.